The predicted molar refractivity (Wildman–Crippen MR) is 72.8 cm³/mol. The standard InChI is InChI=1S/C15H18N2O3/c1-10(2)15(19-4)8-12(18-3)5-6-13(15)14-7-11(9-16)17-20-14/h5-8,10,13H,1-4H3. The zero-order valence-corrected chi connectivity index (χ0v) is 12.1. The molecule has 0 bridgehead atoms. The summed E-state index contributed by atoms with van der Waals surface area (Å²) in [5.41, 5.74) is -0.324. The van der Waals surface area contributed by atoms with Gasteiger partial charge in [0.2, 0.25) is 0 Å². The molecule has 0 saturated carbocycles. The van der Waals surface area contributed by atoms with Gasteiger partial charge in [0.15, 0.2) is 5.69 Å². The number of hydrogen-bond acceptors (Lipinski definition) is 5. The largest absolute Gasteiger partial charge is 0.497 e. The lowest BCUT2D eigenvalue weighted by molar-refractivity contribution is -0.0270. The Kier molecular flexibility index (Phi) is 3.96. The molecule has 0 N–H and O–H groups in total. The molecule has 5 nitrogen and oxygen atoms in total. The van der Waals surface area contributed by atoms with Gasteiger partial charge in [0.05, 0.1) is 13.0 Å². The summed E-state index contributed by atoms with van der Waals surface area (Å²) < 4.78 is 16.4. The molecule has 106 valence electrons. The zero-order valence-electron chi connectivity index (χ0n) is 12.1. The lowest BCUT2D eigenvalue weighted by Crippen LogP contribution is -2.42. The highest BCUT2D eigenvalue weighted by Gasteiger charge is 2.44. The predicted octanol–water partition coefficient (Wildman–Crippen LogP) is 2.77. The third-order valence-electron chi connectivity index (χ3n) is 3.75. The van der Waals surface area contributed by atoms with E-state index in [1.54, 1.807) is 20.3 Å². The second-order valence-corrected chi connectivity index (χ2v) is 5.03. The molecule has 2 unspecified atom stereocenters. The van der Waals surface area contributed by atoms with Crippen LogP contribution in [-0.2, 0) is 9.47 Å². The summed E-state index contributed by atoms with van der Waals surface area (Å²) in [7, 11) is 3.29. The maximum Gasteiger partial charge on any atom is 0.183 e. The van der Waals surface area contributed by atoms with Crippen LogP contribution in [0.25, 0.3) is 0 Å². The van der Waals surface area contributed by atoms with E-state index >= 15 is 0 Å². The van der Waals surface area contributed by atoms with Crippen molar-refractivity contribution in [1.82, 2.24) is 5.16 Å². The highest BCUT2D eigenvalue weighted by molar-refractivity contribution is 5.36. The number of ether oxygens (including phenoxy) is 2. The Bertz CT molecular complexity index is 580. The van der Waals surface area contributed by atoms with Gasteiger partial charge in [-0.25, -0.2) is 0 Å². The van der Waals surface area contributed by atoms with Crippen LogP contribution in [0.5, 0.6) is 0 Å². The van der Waals surface area contributed by atoms with Crippen molar-refractivity contribution in [2.45, 2.75) is 25.4 Å². The first-order chi connectivity index (χ1) is 9.57. The molecular weight excluding hydrogens is 256 g/mol. The van der Waals surface area contributed by atoms with E-state index in [-0.39, 0.29) is 17.5 Å². The van der Waals surface area contributed by atoms with Gasteiger partial charge in [-0.3, -0.25) is 0 Å². The van der Waals surface area contributed by atoms with Crippen LogP contribution in [0, 0.1) is 17.2 Å². The van der Waals surface area contributed by atoms with Crippen LogP contribution in [0.15, 0.2) is 34.6 Å². The molecule has 0 saturated heterocycles. The number of aromatic nitrogens is 1. The van der Waals surface area contributed by atoms with Gasteiger partial charge in [0.1, 0.15) is 23.2 Å². The number of hydrogen-bond donors (Lipinski definition) is 0. The smallest absolute Gasteiger partial charge is 0.183 e. The topological polar surface area (TPSA) is 68.3 Å². The van der Waals surface area contributed by atoms with Crippen molar-refractivity contribution in [2.75, 3.05) is 14.2 Å². The van der Waals surface area contributed by atoms with Crippen molar-refractivity contribution >= 4 is 0 Å². The monoisotopic (exact) mass is 274 g/mol. The van der Waals surface area contributed by atoms with Crippen molar-refractivity contribution in [2.24, 2.45) is 5.92 Å². The molecule has 1 aromatic heterocycles. The van der Waals surface area contributed by atoms with Gasteiger partial charge in [-0.2, -0.15) is 5.26 Å². The van der Waals surface area contributed by atoms with E-state index in [0.717, 1.165) is 5.76 Å². The molecule has 5 heteroatoms. The zero-order chi connectivity index (χ0) is 14.8. The van der Waals surface area contributed by atoms with Gasteiger partial charge in [0, 0.05) is 13.2 Å². The van der Waals surface area contributed by atoms with E-state index in [1.165, 1.54) is 0 Å². The van der Waals surface area contributed by atoms with Crippen molar-refractivity contribution in [3.63, 3.8) is 0 Å². The molecule has 0 radical (unpaired) electrons. The molecule has 1 aromatic rings. The van der Waals surface area contributed by atoms with E-state index in [0.29, 0.717) is 5.76 Å². The third-order valence-corrected chi connectivity index (χ3v) is 3.75. The maximum absolute atomic E-state index is 8.87. The van der Waals surface area contributed by atoms with Crippen LogP contribution in [0.1, 0.15) is 31.2 Å². The molecule has 2 rings (SSSR count). The lowest BCUT2D eigenvalue weighted by atomic mass is 9.74. The normalized spacial score (nSPS) is 25.4. The first-order valence-corrected chi connectivity index (χ1v) is 6.44. The Morgan fingerprint density at radius 2 is 2.20 bits per heavy atom. The van der Waals surface area contributed by atoms with Crippen LogP contribution < -0.4 is 0 Å². The van der Waals surface area contributed by atoms with Crippen LogP contribution in [0.3, 0.4) is 0 Å². The molecule has 20 heavy (non-hydrogen) atoms. The van der Waals surface area contributed by atoms with Crippen LogP contribution in [0.2, 0.25) is 0 Å². The number of methoxy groups -OCH3 is 2. The number of allylic oxidation sites excluding steroid dienone is 1. The second-order valence-electron chi connectivity index (χ2n) is 5.03. The number of nitriles is 1. The number of rotatable bonds is 4. The summed E-state index contributed by atoms with van der Waals surface area (Å²) in [5, 5.41) is 12.6. The van der Waals surface area contributed by atoms with E-state index < -0.39 is 5.60 Å². The molecule has 0 amide bonds. The Balaban J connectivity index is 2.48. The van der Waals surface area contributed by atoms with Gasteiger partial charge < -0.3 is 14.0 Å². The molecule has 1 heterocycles. The molecular formula is C15H18N2O3. The van der Waals surface area contributed by atoms with Crippen molar-refractivity contribution in [1.29, 1.82) is 5.26 Å². The number of nitrogens with zero attached hydrogens (tertiary/aromatic N) is 2. The summed E-state index contributed by atoms with van der Waals surface area (Å²) in [6.45, 7) is 4.14. The minimum atomic E-state index is -0.591. The summed E-state index contributed by atoms with van der Waals surface area (Å²) >= 11 is 0. The summed E-state index contributed by atoms with van der Waals surface area (Å²) in [6, 6.07) is 3.62. The molecule has 0 fully saturated rings. The van der Waals surface area contributed by atoms with Gasteiger partial charge in [-0.05, 0) is 18.1 Å². The second kappa shape index (κ2) is 5.51. The van der Waals surface area contributed by atoms with Crippen LogP contribution in [0.4, 0.5) is 0 Å². The molecule has 0 aliphatic heterocycles. The van der Waals surface area contributed by atoms with Crippen molar-refractivity contribution < 1.29 is 14.0 Å². The Labute approximate surface area is 118 Å². The average molecular weight is 274 g/mol. The van der Waals surface area contributed by atoms with Crippen molar-refractivity contribution in [3.8, 4) is 6.07 Å². The summed E-state index contributed by atoms with van der Waals surface area (Å²) in [5.74, 6) is 1.39. The first-order valence-electron chi connectivity index (χ1n) is 6.44. The minimum absolute atomic E-state index is 0.152. The van der Waals surface area contributed by atoms with E-state index in [4.69, 9.17) is 19.3 Å². The fraction of sp³-hybridized carbons (Fsp3) is 0.467. The third kappa shape index (κ3) is 2.23. The molecule has 2 atom stereocenters. The van der Waals surface area contributed by atoms with Crippen LogP contribution >= 0.6 is 0 Å². The summed E-state index contributed by atoms with van der Waals surface area (Å²) in [4.78, 5) is 0. The lowest BCUT2D eigenvalue weighted by Gasteiger charge is -2.40. The Morgan fingerprint density at radius 3 is 2.70 bits per heavy atom. The molecule has 0 aromatic carbocycles. The maximum atomic E-state index is 8.87. The van der Waals surface area contributed by atoms with Gasteiger partial charge in [0.25, 0.3) is 0 Å². The Morgan fingerprint density at radius 1 is 1.45 bits per heavy atom. The van der Waals surface area contributed by atoms with Gasteiger partial charge in [-0.1, -0.05) is 25.1 Å². The molecule has 1 aliphatic rings. The van der Waals surface area contributed by atoms with Crippen LogP contribution in [-0.4, -0.2) is 25.0 Å². The van der Waals surface area contributed by atoms with E-state index in [1.807, 2.05) is 24.3 Å². The Hall–Kier alpha value is -2.06. The highest BCUT2D eigenvalue weighted by Crippen LogP contribution is 2.43. The average Bonchev–Trinajstić information content (AvgIpc) is 2.94. The first kappa shape index (κ1) is 14.4. The minimum Gasteiger partial charge on any atom is -0.497 e. The summed E-state index contributed by atoms with van der Waals surface area (Å²) in [6.07, 6.45) is 5.79. The van der Waals surface area contributed by atoms with E-state index in [2.05, 4.69) is 19.0 Å². The van der Waals surface area contributed by atoms with Gasteiger partial charge >= 0.3 is 0 Å². The SMILES string of the molecule is COC1=CC(OC)(C(C)C)C(c2cc(C#N)no2)C=C1. The van der Waals surface area contributed by atoms with E-state index in [9.17, 15) is 0 Å². The fourth-order valence-corrected chi connectivity index (χ4v) is 2.58. The highest BCUT2D eigenvalue weighted by atomic mass is 16.5. The molecule has 0 spiro atoms. The van der Waals surface area contributed by atoms with Crippen molar-refractivity contribution in [3.05, 3.63) is 41.5 Å². The quantitative estimate of drug-likeness (QED) is 0.844. The van der Waals surface area contributed by atoms with Gasteiger partial charge in [-0.15, -0.1) is 0 Å². The molecule has 1 aliphatic carbocycles. The fourth-order valence-electron chi connectivity index (χ4n) is 2.58.